The maximum absolute atomic E-state index is 14.3. The van der Waals surface area contributed by atoms with Crippen molar-refractivity contribution in [3.05, 3.63) is 134 Å². The zero-order chi connectivity index (χ0) is 32.1. The molecule has 0 radical (unpaired) electrons. The number of amides is 2. The Hall–Kier alpha value is -4.63. The molecule has 234 valence electrons. The highest BCUT2D eigenvalue weighted by Gasteiger charge is 2.46. The van der Waals surface area contributed by atoms with Gasteiger partial charge >= 0.3 is 0 Å². The van der Waals surface area contributed by atoms with E-state index in [0.717, 1.165) is 16.7 Å². The summed E-state index contributed by atoms with van der Waals surface area (Å²) in [7, 11) is 0. The monoisotopic (exact) mass is 610 g/mol. The van der Waals surface area contributed by atoms with Crippen LogP contribution in [0.5, 0.6) is 0 Å². The van der Waals surface area contributed by atoms with Crippen molar-refractivity contribution in [1.82, 2.24) is 20.4 Å². The van der Waals surface area contributed by atoms with Crippen molar-refractivity contribution in [3.8, 4) is 0 Å². The molecule has 3 atom stereocenters. The van der Waals surface area contributed by atoms with Gasteiger partial charge < -0.3 is 15.0 Å². The number of rotatable bonds is 10. The third-order valence-electron chi connectivity index (χ3n) is 8.40. The summed E-state index contributed by atoms with van der Waals surface area (Å²) >= 11 is 0. The first kappa shape index (κ1) is 31.8. The second kappa shape index (κ2) is 14.0. The molecule has 2 N–H and O–H groups in total. The highest BCUT2D eigenvalue weighted by molar-refractivity contribution is 5.96. The predicted octanol–water partition coefficient (Wildman–Crippen LogP) is 5.43. The van der Waals surface area contributed by atoms with Gasteiger partial charge in [0, 0.05) is 24.0 Å². The summed E-state index contributed by atoms with van der Waals surface area (Å²) in [5.74, 6) is -0.959. The Kier molecular flexibility index (Phi) is 9.88. The summed E-state index contributed by atoms with van der Waals surface area (Å²) < 4.78 is 20.7. The average Bonchev–Trinajstić information content (AvgIpc) is 3.42. The molecule has 1 fully saturated rings. The van der Waals surface area contributed by atoms with Crippen LogP contribution < -0.4 is 10.9 Å². The number of carbonyl (C=O) groups is 2. The highest BCUT2D eigenvalue weighted by atomic mass is 19.1. The lowest BCUT2D eigenvalue weighted by Crippen LogP contribution is -2.48. The number of nitrogens with zero attached hydrogens (tertiary/aromatic N) is 2. The van der Waals surface area contributed by atoms with Gasteiger partial charge in [-0.1, -0.05) is 62.4 Å². The Morgan fingerprint density at radius 3 is 2.51 bits per heavy atom. The molecule has 8 nitrogen and oxygen atoms in total. The van der Waals surface area contributed by atoms with Crippen LogP contribution >= 0.6 is 0 Å². The van der Waals surface area contributed by atoms with Gasteiger partial charge in [0.2, 0.25) is 5.91 Å². The maximum Gasteiger partial charge on any atom is 0.267 e. The van der Waals surface area contributed by atoms with Gasteiger partial charge in [0.1, 0.15) is 5.82 Å². The predicted molar refractivity (Wildman–Crippen MR) is 170 cm³/mol. The Labute approximate surface area is 262 Å². The molecule has 5 rings (SSSR count). The smallest absolute Gasteiger partial charge is 0.267 e. The summed E-state index contributed by atoms with van der Waals surface area (Å²) in [5, 5.41) is 9.22. The van der Waals surface area contributed by atoms with E-state index in [0.29, 0.717) is 41.8 Å². The minimum Gasteiger partial charge on any atom is -0.371 e. The van der Waals surface area contributed by atoms with Gasteiger partial charge in [-0.05, 0) is 72.4 Å². The largest absolute Gasteiger partial charge is 0.371 e. The minimum absolute atomic E-state index is 0.0515. The lowest BCUT2D eigenvalue weighted by Gasteiger charge is -2.34. The van der Waals surface area contributed by atoms with E-state index < -0.39 is 6.04 Å². The number of likely N-dealkylation sites (tertiary alicyclic amines) is 1. The number of aromatic amines is 1. The number of halogens is 1. The summed E-state index contributed by atoms with van der Waals surface area (Å²) in [4.78, 5) is 41.1. The molecule has 1 aliphatic rings. The summed E-state index contributed by atoms with van der Waals surface area (Å²) in [6, 6.07) is 22.5. The van der Waals surface area contributed by atoms with E-state index in [1.807, 2.05) is 70.2 Å². The zero-order valence-electron chi connectivity index (χ0n) is 26.0. The minimum atomic E-state index is -0.403. The molecule has 0 saturated carbocycles. The van der Waals surface area contributed by atoms with Crippen LogP contribution in [0.15, 0.2) is 83.7 Å². The Morgan fingerprint density at radius 1 is 1.02 bits per heavy atom. The van der Waals surface area contributed by atoms with Crippen LogP contribution in [0, 0.1) is 25.6 Å². The van der Waals surface area contributed by atoms with E-state index in [2.05, 4.69) is 15.5 Å². The van der Waals surface area contributed by atoms with Crippen molar-refractivity contribution >= 4 is 11.8 Å². The van der Waals surface area contributed by atoms with Crippen LogP contribution in [0.1, 0.15) is 70.2 Å². The van der Waals surface area contributed by atoms with Gasteiger partial charge in [0.25, 0.3) is 11.5 Å². The van der Waals surface area contributed by atoms with Crippen molar-refractivity contribution < 1.29 is 18.7 Å². The fourth-order valence-electron chi connectivity index (χ4n) is 6.19. The SMILES string of the molecule is Cc1cc(Cc2ccc(C(=O)NCC(=O)N3C(C(C)C)[C@@H](OCc4ccccc4)C[C@H]3c3cccc(F)c3)cc2C)c(=O)[nH]n1. The average molecular weight is 611 g/mol. The summed E-state index contributed by atoms with van der Waals surface area (Å²) in [6.07, 6.45) is 0.648. The number of nitrogens with one attached hydrogen (secondary N) is 2. The number of carbonyl (C=O) groups excluding carboxylic acids is 2. The molecule has 3 aromatic carbocycles. The quantitative estimate of drug-likeness (QED) is 0.249. The molecule has 0 aliphatic carbocycles. The van der Waals surface area contributed by atoms with Gasteiger partial charge in [-0.15, -0.1) is 0 Å². The number of aromatic nitrogens is 2. The molecule has 4 aromatic rings. The summed E-state index contributed by atoms with van der Waals surface area (Å²) in [5.41, 5.74) is 4.97. The molecule has 1 saturated heterocycles. The molecular formula is C36H39FN4O4. The maximum atomic E-state index is 14.3. The first-order valence-electron chi connectivity index (χ1n) is 15.3. The Bertz CT molecular complexity index is 1720. The molecule has 1 aliphatic heterocycles. The molecular weight excluding hydrogens is 571 g/mol. The van der Waals surface area contributed by atoms with E-state index in [9.17, 15) is 18.8 Å². The van der Waals surface area contributed by atoms with Crippen LogP contribution in [0.25, 0.3) is 0 Å². The van der Waals surface area contributed by atoms with Crippen LogP contribution in [0.2, 0.25) is 0 Å². The Morgan fingerprint density at radius 2 is 1.80 bits per heavy atom. The number of hydrogen-bond donors (Lipinski definition) is 2. The second-order valence-electron chi connectivity index (χ2n) is 12.0. The molecule has 9 heteroatoms. The van der Waals surface area contributed by atoms with Crippen molar-refractivity contribution in [2.75, 3.05) is 6.54 Å². The first-order chi connectivity index (χ1) is 21.6. The van der Waals surface area contributed by atoms with Crippen LogP contribution in [0.4, 0.5) is 4.39 Å². The number of ether oxygens (including phenoxy) is 1. The lowest BCUT2D eigenvalue weighted by molar-refractivity contribution is -0.135. The standard InChI is InChI=1S/C36H39FN4O4/c1-22(2)34-32(45-21-25-9-6-5-7-10-25)19-31(27-11-8-12-30(37)18-27)41(34)33(42)20-38-35(43)28-14-13-26(23(3)15-28)17-29-16-24(4)39-40-36(29)44/h5-16,18,22,31-32,34H,17,19-21H2,1-4H3,(H,38,43)(H,40,44)/t31-,32-,34?/m0/s1. The normalized spacial score (nSPS) is 17.9. The zero-order valence-corrected chi connectivity index (χ0v) is 26.0. The molecule has 0 bridgehead atoms. The third kappa shape index (κ3) is 7.54. The van der Waals surface area contributed by atoms with E-state index in [1.165, 1.54) is 12.1 Å². The lowest BCUT2D eigenvalue weighted by atomic mass is 9.98. The fourth-order valence-corrected chi connectivity index (χ4v) is 6.19. The van der Waals surface area contributed by atoms with E-state index in [-0.39, 0.29) is 47.8 Å². The van der Waals surface area contributed by atoms with E-state index >= 15 is 0 Å². The van der Waals surface area contributed by atoms with Crippen LogP contribution in [-0.2, 0) is 22.6 Å². The van der Waals surface area contributed by atoms with E-state index in [1.54, 1.807) is 29.2 Å². The number of aryl methyl sites for hydroxylation is 2. The fraction of sp³-hybridized carbons (Fsp3) is 0.333. The van der Waals surface area contributed by atoms with Gasteiger partial charge in [-0.2, -0.15) is 5.10 Å². The second-order valence-corrected chi connectivity index (χ2v) is 12.0. The summed E-state index contributed by atoms with van der Waals surface area (Å²) in [6.45, 7) is 7.96. The Balaban J connectivity index is 1.31. The van der Waals surface area contributed by atoms with Crippen LogP contribution in [-0.4, -0.2) is 45.6 Å². The molecule has 45 heavy (non-hydrogen) atoms. The van der Waals surface area contributed by atoms with Crippen molar-refractivity contribution in [1.29, 1.82) is 0 Å². The van der Waals surface area contributed by atoms with Gasteiger partial charge in [0.05, 0.1) is 37.0 Å². The molecule has 0 spiro atoms. The highest BCUT2D eigenvalue weighted by Crippen LogP contribution is 2.41. The van der Waals surface area contributed by atoms with E-state index in [4.69, 9.17) is 4.74 Å². The number of benzene rings is 3. The van der Waals surface area contributed by atoms with Crippen molar-refractivity contribution in [2.45, 2.75) is 65.3 Å². The molecule has 2 heterocycles. The number of hydrogen-bond acceptors (Lipinski definition) is 5. The first-order valence-corrected chi connectivity index (χ1v) is 15.3. The topological polar surface area (TPSA) is 104 Å². The number of H-pyrrole nitrogens is 1. The van der Waals surface area contributed by atoms with Crippen molar-refractivity contribution in [3.63, 3.8) is 0 Å². The van der Waals surface area contributed by atoms with Crippen molar-refractivity contribution in [2.24, 2.45) is 5.92 Å². The molecule has 1 unspecified atom stereocenters. The van der Waals surface area contributed by atoms with Crippen LogP contribution in [0.3, 0.4) is 0 Å². The third-order valence-corrected chi connectivity index (χ3v) is 8.40. The molecule has 2 amide bonds. The van der Waals surface area contributed by atoms with Gasteiger partial charge in [-0.3, -0.25) is 14.4 Å². The van der Waals surface area contributed by atoms with Gasteiger partial charge in [-0.25, -0.2) is 9.49 Å². The van der Waals surface area contributed by atoms with Gasteiger partial charge in [0.15, 0.2) is 0 Å². The molecule has 1 aromatic heterocycles.